The van der Waals surface area contributed by atoms with Gasteiger partial charge in [-0.15, -0.1) is 10.2 Å². The summed E-state index contributed by atoms with van der Waals surface area (Å²) in [6, 6.07) is 2.70. The molecule has 4 nitrogen and oxygen atoms in total. The SMILES string of the molecule is Cn1cnnc1Sc1c(F)cc(CNC(C)(C)C)cc1F. The smallest absolute Gasteiger partial charge is 0.195 e. The first-order chi connectivity index (χ1) is 9.76. The Morgan fingerprint density at radius 1 is 1.24 bits per heavy atom. The maximum absolute atomic E-state index is 14.1. The van der Waals surface area contributed by atoms with Crippen molar-refractivity contribution < 1.29 is 8.78 Å². The summed E-state index contributed by atoms with van der Waals surface area (Å²) < 4.78 is 29.8. The van der Waals surface area contributed by atoms with Gasteiger partial charge >= 0.3 is 0 Å². The van der Waals surface area contributed by atoms with Gasteiger partial charge in [0.15, 0.2) is 5.16 Å². The fraction of sp³-hybridized carbons (Fsp3) is 0.429. The van der Waals surface area contributed by atoms with Crippen LogP contribution in [0.5, 0.6) is 0 Å². The maximum Gasteiger partial charge on any atom is 0.195 e. The average Bonchev–Trinajstić information content (AvgIpc) is 2.76. The highest BCUT2D eigenvalue weighted by atomic mass is 32.2. The summed E-state index contributed by atoms with van der Waals surface area (Å²) >= 11 is 0.925. The van der Waals surface area contributed by atoms with Crippen molar-refractivity contribution in [2.45, 2.75) is 42.9 Å². The third-order valence-electron chi connectivity index (χ3n) is 2.74. The van der Waals surface area contributed by atoms with Crippen molar-refractivity contribution in [2.24, 2.45) is 7.05 Å². The first-order valence-electron chi connectivity index (χ1n) is 6.51. The first kappa shape index (κ1) is 15.9. The van der Waals surface area contributed by atoms with Gasteiger partial charge in [-0.2, -0.15) is 0 Å². The molecule has 2 rings (SSSR count). The zero-order chi connectivity index (χ0) is 15.6. The molecule has 0 unspecified atom stereocenters. The van der Waals surface area contributed by atoms with Crippen molar-refractivity contribution >= 4 is 11.8 Å². The highest BCUT2D eigenvalue weighted by Gasteiger charge is 2.16. The van der Waals surface area contributed by atoms with Crippen LogP contribution in [0, 0.1) is 11.6 Å². The lowest BCUT2D eigenvalue weighted by Crippen LogP contribution is -2.35. The van der Waals surface area contributed by atoms with Crippen LogP contribution in [0.15, 0.2) is 28.5 Å². The summed E-state index contributed by atoms with van der Waals surface area (Å²) in [5, 5.41) is 11.1. The summed E-state index contributed by atoms with van der Waals surface area (Å²) in [5.41, 5.74) is 0.459. The summed E-state index contributed by atoms with van der Waals surface area (Å²) in [4.78, 5) is -0.0643. The Kier molecular flexibility index (Phi) is 4.63. The van der Waals surface area contributed by atoms with E-state index in [-0.39, 0.29) is 10.4 Å². The van der Waals surface area contributed by atoms with Gasteiger partial charge in [0.05, 0.1) is 4.90 Å². The van der Waals surface area contributed by atoms with Crippen molar-refractivity contribution in [3.8, 4) is 0 Å². The molecule has 1 aromatic heterocycles. The Hall–Kier alpha value is -1.47. The van der Waals surface area contributed by atoms with Gasteiger partial charge in [-0.3, -0.25) is 0 Å². The van der Waals surface area contributed by atoms with E-state index in [2.05, 4.69) is 15.5 Å². The highest BCUT2D eigenvalue weighted by Crippen LogP contribution is 2.31. The number of rotatable bonds is 4. The summed E-state index contributed by atoms with van der Waals surface area (Å²) in [7, 11) is 1.72. The quantitative estimate of drug-likeness (QED) is 0.942. The van der Waals surface area contributed by atoms with Crippen LogP contribution in [0.1, 0.15) is 26.3 Å². The lowest BCUT2D eigenvalue weighted by molar-refractivity contribution is 0.422. The molecular weight excluding hydrogens is 294 g/mol. The Morgan fingerprint density at radius 2 is 1.86 bits per heavy atom. The van der Waals surface area contributed by atoms with Crippen LogP contribution in [-0.2, 0) is 13.6 Å². The molecule has 0 aliphatic heterocycles. The molecule has 0 atom stereocenters. The topological polar surface area (TPSA) is 42.7 Å². The van der Waals surface area contributed by atoms with Gasteiger partial charge in [0.1, 0.15) is 18.0 Å². The normalized spacial score (nSPS) is 11.9. The lowest BCUT2D eigenvalue weighted by atomic mass is 10.1. The van der Waals surface area contributed by atoms with Gasteiger partial charge in [0.25, 0.3) is 0 Å². The second-order valence-electron chi connectivity index (χ2n) is 5.82. The number of hydrogen-bond acceptors (Lipinski definition) is 4. The van der Waals surface area contributed by atoms with Crippen molar-refractivity contribution in [1.82, 2.24) is 20.1 Å². The number of nitrogens with zero attached hydrogens (tertiary/aromatic N) is 3. The van der Waals surface area contributed by atoms with Crippen LogP contribution in [0.25, 0.3) is 0 Å². The summed E-state index contributed by atoms with van der Waals surface area (Å²) in [6.45, 7) is 6.40. The van der Waals surface area contributed by atoms with Crippen LogP contribution in [0.3, 0.4) is 0 Å². The molecule has 0 spiro atoms. The van der Waals surface area contributed by atoms with Gasteiger partial charge in [-0.05, 0) is 50.2 Å². The van der Waals surface area contributed by atoms with E-state index in [1.807, 2.05) is 20.8 Å². The molecule has 2 aromatic rings. The third kappa shape index (κ3) is 4.25. The molecule has 1 aromatic carbocycles. The Bertz CT molecular complexity index is 611. The van der Waals surface area contributed by atoms with E-state index in [1.165, 1.54) is 18.5 Å². The monoisotopic (exact) mass is 312 g/mol. The molecule has 0 saturated heterocycles. The van der Waals surface area contributed by atoms with Crippen molar-refractivity contribution in [3.05, 3.63) is 35.7 Å². The molecular formula is C14H18F2N4S. The molecule has 0 aliphatic carbocycles. The van der Waals surface area contributed by atoms with Crippen LogP contribution in [0.2, 0.25) is 0 Å². The van der Waals surface area contributed by atoms with Crippen LogP contribution in [0.4, 0.5) is 8.78 Å². The molecule has 0 fully saturated rings. The predicted octanol–water partition coefficient (Wildman–Crippen LogP) is 3.13. The fourth-order valence-corrected chi connectivity index (χ4v) is 2.41. The van der Waals surface area contributed by atoms with E-state index in [0.717, 1.165) is 11.8 Å². The minimum absolute atomic E-state index is 0.0643. The van der Waals surface area contributed by atoms with Gasteiger partial charge in [0.2, 0.25) is 0 Å². The Morgan fingerprint density at radius 3 is 2.33 bits per heavy atom. The standard InChI is InChI=1S/C14H18F2N4S/c1-14(2,3)17-7-9-5-10(15)12(11(16)6-9)21-13-19-18-8-20(13)4/h5-6,8,17H,7H2,1-4H3. The first-order valence-corrected chi connectivity index (χ1v) is 7.33. The molecule has 1 N–H and O–H groups in total. The zero-order valence-corrected chi connectivity index (χ0v) is 13.3. The van der Waals surface area contributed by atoms with Crippen molar-refractivity contribution in [2.75, 3.05) is 0 Å². The zero-order valence-electron chi connectivity index (χ0n) is 12.4. The molecule has 0 amide bonds. The van der Waals surface area contributed by atoms with Gasteiger partial charge < -0.3 is 9.88 Å². The molecule has 0 saturated carbocycles. The van der Waals surface area contributed by atoms with E-state index >= 15 is 0 Å². The Balaban J connectivity index is 2.19. The van der Waals surface area contributed by atoms with Crippen molar-refractivity contribution in [1.29, 1.82) is 0 Å². The van der Waals surface area contributed by atoms with E-state index in [1.54, 1.807) is 11.6 Å². The number of aromatic nitrogens is 3. The van der Waals surface area contributed by atoms with Gasteiger partial charge in [0, 0.05) is 19.1 Å². The van der Waals surface area contributed by atoms with Crippen LogP contribution >= 0.6 is 11.8 Å². The molecule has 0 aliphatic rings. The average molecular weight is 312 g/mol. The second-order valence-corrected chi connectivity index (χ2v) is 6.80. The minimum Gasteiger partial charge on any atom is -0.311 e. The molecule has 21 heavy (non-hydrogen) atoms. The lowest BCUT2D eigenvalue weighted by Gasteiger charge is -2.20. The molecule has 0 bridgehead atoms. The van der Waals surface area contributed by atoms with Gasteiger partial charge in [-0.1, -0.05) is 0 Å². The van der Waals surface area contributed by atoms with E-state index in [4.69, 9.17) is 0 Å². The van der Waals surface area contributed by atoms with Crippen LogP contribution < -0.4 is 5.32 Å². The van der Waals surface area contributed by atoms with E-state index < -0.39 is 11.6 Å². The van der Waals surface area contributed by atoms with Crippen LogP contribution in [-0.4, -0.2) is 20.3 Å². The molecule has 0 radical (unpaired) electrons. The highest BCUT2D eigenvalue weighted by molar-refractivity contribution is 7.99. The van der Waals surface area contributed by atoms with E-state index in [9.17, 15) is 8.78 Å². The third-order valence-corrected chi connectivity index (χ3v) is 3.89. The number of halogens is 2. The maximum atomic E-state index is 14.1. The molecule has 7 heteroatoms. The summed E-state index contributed by atoms with van der Waals surface area (Å²) in [6.07, 6.45) is 1.49. The fourth-order valence-electron chi connectivity index (χ4n) is 1.64. The number of hydrogen-bond donors (Lipinski definition) is 1. The minimum atomic E-state index is -0.589. The van der Waals surface area contributed by atoms with E-state index in [0.29, 0.717) is 17.3 Å². The summed E-state index contributed by atoms with van der Waals surface area (Å²) in [5.74, 6) is -1.18. The van der Waals surface area contributed by atoms with Crippen molar-refractivity contribution in [3.63, 3.8) is 0 Å². The molecule has 114 valence electrons. The number of nitrogens with one attached hydrogen (secondary N) is 1. The molecule has 1 heterocycles. The predicted molar refractivity (Wildman–Crippen MR) is 78.1 cm³/mol. The van der Waals surface area contributed by atoms with Gasteiger partial charge in [-0.25, -0.2) is 8.78 Å². The Labute approximate surface area is 127 Å². The second kappa shape index (κ2) is 6.11. The largest absolute Gasteiger partial charge is 0.311 e. The number of aryl methyl sites for hydroxylation is 1. The number of benzene rings is 1.